The van der Waals surface area contributed by atoms with Crippen molar-refractivity contribution >= 4 is 12.1 Å². The van der Waals surface area contributed by atoms with Crippen molar-refractivity contribution in [2.45, 2.75) is 45.4 Å². The molecule has 0 rings (SSSR count). The lowest BCUT2D eigenvalue weighted by Gasteiger charge is -2.22. The van der Waals surface area contributed by atoms with E-state index in [0.29, 0.717) is 0 Å². The van der Waals surface area contributed by atoms with Gasteiger partial charge in [0.15, 0.2) is 6.10 Å². The summed E-state index contributed by atoms with van der Waals surface area (Å²) in [6.07, 6.45) is -2.40. The number of alkyl carbamates (subject to hydrolysis) is 1. The fourth-order valence-electron chi connectivity index (χ4n) is 0.786. The first kappa shape index (κ1) is 13.7. The lowest BCUT2D eigenvalue weighted by atomic mass is 10.2. The van der Waals surface area contributed by atoms with Crippen molar-refractivity contribution in [3.63, 3.8) is 0 Å². The number of amides is 1. The maximum Gasteiger partial charge on any atom is 0.407 e. The molecular weight excluding hydrogens is 202 g/mol. The Bertz CT molecular complexity index is 245. The minimum atomic E-state index is -1.64. The summed E-state index contributed by atoms with van der Waals surface area (Å²) in [5, 5.41) is 19.8. The van der Waals surface area contributed by atoms with Gasteiger partial charge in [0.1, 0.15) is 5.60 Å². The highest BCUT2D eigenvalue weighted by Crippen LogP contribution is 2.07. The van der Waals surface area contributed by atoms with Crippen LogP contribution in [0.4, 0.5) is 4.79 Å². The van der Waals surface area contributed by atoms with E-state index in [1.165, 1.54) is 6.92 Å². The quantitative estimate of drug-likeness (QED) is 0.636. The third kappa shape index (κ3) is 5.90. The monoisotopic (exact) mass is 219 g/mol. The van der Waals surface area contributed by atoms with Crippen LogP contribution in [0.2, 0.25) is 0 Å². The summed E-state index contributed by atoms with van der Waals surface area (Å²) in [6, 6.07) is -0.905. The first-order valence-electron chi connectivity index (χ1n) is 4.54. The largest absolute Gasteiger partial charge is 0.479 e. The molecule has 0 saturated heterocycles. The maximum absolute atomic E-state index is 11.2. The minimum absolute atomic E-state index is 0.655. The van der Waals surface area contributed by atoms with Crippen molar-refractivity contribution in [3.8, 4) is 0 Å². The Morgan fingerprint density at radius 2 is 1.80 bits per heavy atom. The van der Waals surface area contributed by atoms with E-state index < -0.39 is 29.8 Å². The Morgan fingerprint density at radius 3 is 2.13 bits per heavy atom. The van der Waals surface area contributed by atoms with Gasteiger partial charge in [-0.25, -0.2) is 9.59 Å². The SMILES string of the molecule is CC(NC(=O)OC(C)(C)C)C(O)C(=O)O. The highest BCUT2D eigenvalue weighted by Gasteiger charge is 2.25. The summed E-state index contributed by atoms with van der Waals surface area (Å²) in [7, 11) is 0. The zero-order chi connectivity index (χ0) is 12.2. The van der Waals surface area contributed by atoms with Crippen molar-refractivity contribution in [1.29, 1.82) is 0 Å². The molecule has 2 unspecified atom stereocenters. The van der Waals surface area contributed by atoms with E-state index in [0.717, 1.165) is 0 Å². The minimum Gasteiger partial charge on any atom is -0.479 e. The molecule has 0 aliphatic heterocycles. The summed E-state index contributed by atoms with van der Waals surface area (Å²) in [5.41, 5.74) is -0.655. The number of hydrogen-bond acceptors (Lipinski definition) is 4. The van der Waals surface area contributed by atoms with E-state index in [9.17, 15) is 9.59 Å². The molecule has 0 aromatic heterocycles. The molecular formula is C9H17NO5. The topological polar surface area (TPSA) is 95.9 Å². The maximum atomic E-state index is 11.2. The number of aliphatic hydroxyl groups excluding tert-OH is 1. The molecule has 3 N–H and O–H groups in total. The molecule has 15 heavy (non-hydrogen) atoms. The molecule has 0 aliphatic rings. The van der Waals surface area contributed by atoms with E-state index in [4.69, 9.17) is 14.9 Å². The predicted octanol–water partition coefficient (Wildman–Crippen LogP) is 0.345. The van der Waals surface area contributed by atoms with Crippen molar-refractivity contribution in [2.24, 2.45) is 0 Å². The Hall–Kier alpha value is -1.30. The number of hydrogen-bond donors (Lipinski definition) is 3. The third-order valence-corrected chi connectivity index (χ3v) is 1.47. The number of aliphatic hydroxyl groups is 1. The summed E-state index contributed by atoms with van der Waals surface area (Å²) in [5.74, 6) is -1.39. The second-order valence-corrected chi connectivity index (χ2v) is 4.22. The number of ether oxygens (including phenoxy) is 1. The molecule has 6 heteroatoms. The van der Waals surface area contributed by atoms with Gasteiger partial charge in [0, 0.05) is 0 Å². The van der Waals surface area contributed by atoms with Crippen LogP contribution in [0.3, 0.4) is 0 Å². The van der Waals surface area contributed by atoms with Gasteiger partial charge in [-0.2, -0.15) is 0 Å². The van der Waals surface area contributed by atoms with E-state index in [1.54, 1.807) is 20.8 Å². The van der Waals surface area contributed by atoms with Gasteiger partial charge in [-0.05, 0) is 27.7 Å². The zero-order valence-electron chi connectivity index (χ0n) is 9.27. The van der Waals surface area contributed by atoms with Crippen LogP contribution in [-0.2, 0) is 9.53 Å². The van der Waals surface area contributed by atoms with Crippen LogP contribution in [0.5, 0.6) is 0 Å². The fraction of sp³-hybridized carbons (Fsp3) is 0.778. The summed E-state index contributed by atoms with van der Waals surface area (Å²) < 4.78 is 4.88. The number of carbonyl (C=O) groups excluding carboxylic acids is 1. The second-order valence-electron chi connectivity index (χ2n) is 4.22. The lowest BCUT2D eigenvalue weighted by Crippen LogP contribution is -2.46. The van der Waals surface area contributed by atoms with Gasteiger partial charge in [0.2, 0.25) is 0 Å². The highest BCUT2D eigenvalue weighted by molar-refractivity contribution is 5.75. The number of carboxylic acids is 1. The molecule has 2 atom stereocenters. The molecule has 1 amide bonds. The molecule has 0 aliphatic carbocycles. The fourth-order valence-corrected chi connectivity index (χ4v) is 0.786. The first-order chi connectivity index (χ1) is 6.63. The van der Waals surface area contributed by atoms with Gasteiger partial charge < -0.3 is 20.3 Å². The van der Waals surface area contributed by atoms with Gasteiger partial charge >= 0.3 is 12.1 Å². The molecule has 0 aromatic carbocycles. The number of nitrogens with one attached hydrogen (secondary N) is 1. The van der Waals surface area contributed by atoms with Gasteiger partial charge in [0.25, 0.3) is 0 Å². The molecule has 0 saturated carbocycles. The second kappa shape index (κ2) is 4.97. The first-order valence-corrected chi connectivity index (χ1v) is 4.54. The molecule has 6 nitrogen and oxygen atoms in total. The van der Waals surface area contributed by atoms with E-state index in [2.05, 4.69) is 5.32 Å². The van der Waals surface area contributed by atoms with Crippen LogP contribution in [0.15, 0.2) is 0 Å². The van der Waals surface area contributed by atoms with E-state index >= 15 is 0 Å². The molecule has 0 fully saturated rings. The van der Waals surface area contributed by atoms with Crippen LogP contribution in [-0.4, -0.2) is 40.0 Å². The Labute approximate surface area is 88.2 Å². The zero-order valence-corrected chi connectivity index (χ0v) is 9.27. The van der Waals surface area contributed by atoms with Crippen molar-refractivity contribution in [2.75, 3.05) is 0 Å². The average Bonchev–Trinajstić information content (AvgIpc) is 1.98. The van der Waals surface area contributed by atoms with Crippen LogP contribution in [0.25, 0.3) is 0 Å². The van der Waals surface area contributed by atoms with Crippen molar-refractivity contribution in [3.05, 3.63) is 0 Å². The van der Waals surface area contributed by atoms with Crippen LogP contribution in [0, 0.1) is 0 Å². The summed E-state index contributed by atoms with van der Waals surface area (Å²) in [6.45, 7) is 6.43. The summed E-state index contributed by atoms with van der Waals surface area (Å²) >= 11 is 0. The molecule has 0 radical (unpaired) electrons. The number of aliphatic carboxylic acids is 1. The van der Waals surface area contributed by atoms with Crippen molar-refractivity contribution in [1.82, 2.24) is 5.32 Å². The van der Waals surface area contributed by atoms with Crippen LogP contribution < -0.4 is 5.32 Å². The van der Waals surface area contributed by atoms with Crippen LogP contribution in [0.1, 0.15) is 27.7 Å². The Balaban J connectivity index is 4.13. The molecule has 0 heterocycles. The molecule has 0 bridgehead atoms. The van der Waals surface area contributed by atoms with E-state index in [1.807, 2.05) is 0 Å². The molecule has 88 valence electrons. The number of carboxylic acid groups (broad SMARTS) is 1. The average molecular weight is 219 g/mol. The highest BCUT2D eigenvalue weighted by atomic mass is 16.6. The van der Waals surface area contributed by atoms with Gasteiger partial charge in [-0.3, -0.25) is 0 Å². The third-order valence-electron chi connectivity index (χ3n) is 1.47. The standard InChI is InChI=1S/C9H17NO5/c1-5(6(11)7(12)13)10-8(14)15-9(2,3)4/h5-6,11H,1-4H3,(H,10,14)(H,12,13). The number of carbonyl (C=O) groups is 2. The number of rotatable bonds is 3. The van der Waals surface area contributed by atoms with Crippen molar-refractivity contribution < 1.29 is 24.5 Å². The van der Waals surface area contributed by atoms with Crippen LogP contribution >= 0.6 is 0 Å². The molecule has 0 aromatic rings. The lowest BCUT2D eigenvalue weighted by molar-refractivity contribution is -0.147. The van der Waals surface area contributed by atoms with Gasteiger partial charge in [0.05, 0.1) is 6.04 Å². The van der Waals surface area contributed by atoms with E-state index in [-0.39, 0.29) is 0 Å². The smallest absolute Gasteiger partial charge is 0.407 e. The predicted molar refractivity (Wildman–Crippen MR) is 52.5 cm³/mol. The summed E-state index contributed by atoms with van der Waals surface area (Å²) in [4.78, 5) is 21.5. The van der Waals surface area contributed by atoms with Gasteiger partial charge in [-0.15, -0.1) is 0 Å². The normalized spacial score (nSPS) is 15.3. The Morgan fingerprint density at radius 1 is 1.33 bits per heavy atom. The molecule has 0 spiro atoms. The van der Waals surface area contributed by atoms with Gasteiger partial charge in [-0.1, -0.05) is 0 Å². The Kier molecular flexibility index (Phi) is 4.54.